The number of carbonyl (C=O) groups excluding carboxylic acids is 1. The highest BCUT2D eigenvalue weighted by Gasteiger charge is 2.29. The number of hydrazine groups is 2. The maximum atomic E-state index is 12.0. The molecule has 2 fully saturated rings. The van der Waals surface area contributed by atoms with Crippen LogP contribution in [0.25, 0.3) is 0 Å². The highest BCUT2D eigenvalue weighted by Crippen LogP contribution is 2.21. The summed E-state index contributed by atoms with van der Waals surface area (Å²) in [5.74, 6) is -0.0135. The van der Waals surface area contributed by atoms with E-state index < -0.39 is 0 Å². The molecule has 3 rings (SSSR count). The first-order valence-corrected chi connectivity index (χ1v) is 7.32. The Morgan fingerprint density at radius 3 is 2.67 bits per heavy atom. The summed E-state index contributed by atoms with van der Waals surface area (Å²) in [6.45, 7) is 0.600. The summed E-state index contributed by atoms with van der Waals surface area (Å²) in [4.78, 5) is 12.0. The van der Waals surface area contributed by atoms with E-state index in [4.69, 9.17) is 5.73 Å². The summed E-state index contributed by atoms with van der Waals surface area (Å²) in [7, 11) is 0. The second-order valence-corrected chi connectivity index (χ2v) is 5.61. The standard InChI is InChI=1S/C14H22N6O/c15-13-7-12(19-20-13)14(21)16-8-10-6-11(18-17-10)9-4-2-1-3-5-9/h1-5,10-13,17-20H,6-8,15H2,(H,16,21). The normalized spacial score (nSPS) is 32.2. The molecule has 0 radical (unpaired) electrons. The zero-order valence-electron chi connectivity index (χ0n) is 11.8. The van der Waals surface area contributed by atoms with E-state index in [-0.39, 0.29) is 30.2 Å². The average molecular weight is 290 g/mol. The van der Waals surface area contributed by atoms with Crippen molar-refractivity contribution < 1.29 is 4.79 Å². The molecule has 7 N–H and O–H groups in total. The fraction of sp³-hybridized carbons (Fsp3) is 0.500. The van der Waals surface area contributed by atoms with Crippen LogP contribution in [0.4, 0.5) is 0 Å². The summed E-state index contributed by atoms with van der Waals surface area (Å²) in [5.41, 5.74) is 19.2. The predicted octanol–water partition coefficient (Wildman–Crippen LogP) is -1.14. The summed E-state index contributed by atoms with van der Waals surface area (Å²) in [6, 6.07) is 10.6. The zero-order valence-corrected chi connectivity index (χ0v) is 11.8. The van der Waals surface area contributed by atoms with E-state index in [1.807, 2.05) is 18.2 Å². The van der Waals surface area contributed by atoms with Gasteiger partial charge < -0.3 is 11.1 Å². The first-order valence-electron chi connectivity index (χ1n) is 7.32. The molecule has 0 saturated carbocycles. The van der Waals surface area contributed by atoms with E-state index in [2.05, 4.69) is 39.2 Å². The Hall–Kier alpha value is -1.51. The van der Waals surface area contributed by atoms with E-state index in [0.29, 0.717) is 13.0 Å². The maximum Gasteiger partial charge on any atom is 0.238 e. The third-order valence-electron chi connectivity index (χ3n) is 3.96. The minimum atomic E-state index is -0.251. The van der Waals surface area contributed by atoms with Gasteiger partial charge in [0.15, 0.2) is 0 Å². The lowest BCUT2D eigenvalue weighted by atomic mass is 10.0. The Balaban J connectivity index is 1.44. The number of nitrogens with one attached hydrogen (secondary N) is 5. The summed E-state index contributed by atoms with van der Waals surface area (Å²) in [6.07, 6.45) is 1.39. The highest BCUT2D eigenvalue weighted by molar-refractivity contribution is 5.82. The molecule has 4 atom stereocenters. The van der Waals surface area contributed by atoms with Gasteiger partial charge in [0.1, 0.15) is 6.04 Å². The van der Waals surface area contributed by atoms with Crippen LogP contribution in [-0.4, -0.2) is 30.7 Å². The van der Waals surface area contributed by atoms with Crippen LogP contribution >= 0.6 is 0 Å². The quantitative estimate of drug-likeness (QED) is 0.419. The molecule has 2 aliphatic rings. The van der Waals surface area contributed by atoms with Crippen molar-refractivity contribution in [1.82, 2.24) is 27.0 Å². The first kappa shape index (κ1) is 14.4. The number of nitrogens with two attached hydrogens (primary N) is 1. The van der Waals surface area contributed by atoms with Crippen LogP contribution in [0.3, 0.4) is 0 Å². The van der Waals surface area contributed by atoms with Crippen LogP contribution in [0, 0.1) is 0 Å². The van der Waals surface area contributed by atoms with Crippen LogP contribution in [0.15, 0.2) is 30.3 Å². The molecule has 2 aliphatic heterocycles. The molecule has 7 heteroatoms. The third-order valence-corrected chi connectivity index (χ3v) is 3.96. The second kappa shape index (κ2) is 6.50. The van der Waals surface area contributed by atoms with Crippen LogP contribution in [0.5, 0.6) is 0 Å². The van der Waals surface area contributed by atoms with E-state index in [9.17, 15) is 4.79 Å². The van der Waals surface area contributed by atoms with Crippen molar-refractivity contribution >= 4 is 5.91 Å². The van der Waals surface area contributed by atoms with Crippen LogP contribution < -0.4 is 32.8 Å². The van der Waals surface area contributed by atoms with Gasteiger partial charge in [0, 0.05) is 25.0 Å². The Bertz CT molecular complexity index is 482. The molecule has 1 aromatic rings. The van der Waals surface area contributed by atoms with Gasteiger partial charge in [-0.25, -0.2) is 16.3 Å². The SMILES string of the molecule is NC1CC(C(=O)NCC2CC(c3ccccc3)NN2)NN1. The molecule has 21 heavy (non-hydrogen) atoms. The largest absolute Gasteiger partial charge is 0.353 e. The molecule has 0 bridgehead atoms. The molecular weight excluding hydrogens is 268 g/mol. The van der Waals surface area contributed by atoms with Gasteiger partial charge in [-0.3, -0.25) is 10.2 Å². The fourth-order valence-corrected chi connectivity index (χ4v) is 2.76. The summed E-state index contributed by atoms with van der Waals surface area (Å²) >= 11 is 0. The van der Waals surface area contributed by atoms with Gasteiger partial charge in [0.2, 0.25) is 5.91 Å². The van der Waals surface area contributed by atoms with Crippen LogP contribution in [0.1, 0.15) is 24.4 Å². The van der Waals surface area contributed by atoms with E-state index in [0.717, 1.165) is 6.42 Å². The van der Waals surface area contributed by atoms with Gasteiger partial charge in [-0.1, -0.05) is 30.3 Å². The number of hydrogen-bond acceptors (Lipinski definition) is 6. The lowest BCUT2D eigenvalue weighted by Crippen LogP contribution is -2.47. The Labute approximate surface area is 124 Å². The number of benzene rings is 1. The van der Waals surface area contributed by atoms with E-state index in [1.54, 1.807) is 0 Å². The van der Waals surface area contributed by atoms with Gasteiger partial charge in [-0.15, -0.1) is 0 Å². The number of rotatable bonds is 4. The third kappa shape index (κ3) is 3.58. The minimum absolute atomic E-state index is 0.0135. The Morgan fingerprint density at radius 1 is 1.14 bits per heavy atom. The van der Waals surface area contributed by atoms with Crippen molar-refractivity contribution in [3.8, 4) is 0 Å². The molecule has 4 unspecified atom stereocenters. The molecule has 0 aliphatic carbocycles. The van der Waals surface area contributed by atoms with E-state index in [1.165, 1.54) is 5.56 Å². The molecule has 1 amide bonds. The van der Waals surface area contributed by atoms with Crippen molar-refractivity contribution in [3.05, 3.63) is 35.9 Å². The molecule has 2 heterocycles. The fourth-order valence-electron chi connectivity index (χ4n) is 2.76. The Morgan fingerprint density at radius 2 is 1.95 bits per heavy atom. The number of amides is 1. The molecule has 1 aromatic carbocycles. The van der Waals surface area contributed by atoms with Gasteiger partial charge in [0.25, 0.3) is 0 Å². The molecule has 2 saturated heterocycles. The zero-order chi connectivity index (χ0) is 14.7. The second-order valence-electron chi connectivity index (χ2n) is 5.61. The lowest BCUT2D eigenvalue weighted by Gasteiger charge is -2.14. The van der Waals surface area contributed by atoms with Crippen LogP contribution in [0.2, 0.25) is 0 Å². The Kier molecular flexibility index (Phi) is 4.47. The van der Waals surface area contributed by atoms with Crippen molar-refractivity contribution in [2.24, 2.45) is 5.73 Å². The minimum Gasteiger partial charge on any atom is -0.353 e. The maximum absolute atomic E-state index is 12.0. The smallest absolute Gasteiger partial charge is 0.238 e. The number of carbonyl (C=O) groups is 1. The van der Waals surface area contributed by atoms with Gasteiger partial charge in [0.05, 0.1) is 6.17 Å². The summed E-state index contributed by atoms with van der Waals surface area (Å²) < 4.78 is 0. The van der Waals surface area contributed by atoms with Gasteiger partial charge in [-0.2, -0.15) is 0 Å². The summed E-state index contributed by atoms with van der Waals surface area (Å²) in [5, 5.41) is 2.96. The van der Waals surface area contributed by atoms with Gasteiger partial charge in [-0.05, 0) is 12.0 Å². The molecule has 0 spiro atoms. The average Bonchev–Trinajstić information content (AvgIpc) is 3.15. The highest BCUT2D eigenvalue weighted by atomic mass is 16.2. The molecule has 114 valence electrons. The van der Waals surface area contributed by atoms with Crippen molar-refractivity contribution in [2.75, 3.05) is 6.54 Å². The molecular formula is C14H22N6O. The van der Waals surface area contributed by atoms with E-state index >= 15 is 0 Å². The van der Waals surface area contributed by atoms with Gasteiger partial charge >= 0.3 is 0 Å². The lowest BCUT2D eigenvalue weighted by molar-refractivity contribution is -0.123. The van der Waals surface area contributed by atoms with Crippen molar-refractivity contribution in [3.63, 3.8) is 0 Å². The van der Waals surface area contributed by atoms with Crippen LogP contribution in [-0.2, 0) is 4.79 Å². The molecule has 7 nitrogen and oxygen atoms in total. The number of hydrogen-bond donors (Lipinski definition) is 6. The topological polar surface area (TPSA) is 103 Å². The predicted molar refractivity (Wildman–Crippen MR) is 79.5 cm³/mol. The molecule has 0 aromatic heterocycles. The monoisotopic (exact) mass is 290 g/mol. The first-order chi connectivity index (χ1) is 10.2. The van der Waals surface area contributed by atoms with Crippen molar-refractivity contribution in [2.45, 2.75) is 37.1 Å². The van der Waals surface area contributed by atoms with Crippen molar-refractivity contribution in [1.29, 1.82) is 0 Å².